The van der Waals surface area contributed by atoms with E-state index in [1.54, 1.807) is 61.7 Å². The number of methoxy groups -OCH3 is 1. The quantitative estimate of drug-likeness (QED) is 0.702. The van der Waals surface area contributed by atoms with Crippen molar-refractivity contribution >= 4 is 17.4 Å². The number of nitrogens with zero attached hydrogens (tertiary/aromatic N) is 1. The normalized spacial score (nSPS) is 10.2. The monoisotopic (exact) mass is 351 g/mol. The Bertz CT molecular complexity index is 898. The minimum atomic E-state index is -0.284. The van der Waals surface area contributed by atoms with E-state index < -0.39 is 0 Å². The average Bonchev–Trinajstić information content (AvgIpc) is 2.68. The zero-order valence-electron chi connectivity index (χ0n) is 14.2. The Kier molecular flexibility index (Phi) is 5.43. The number of hydrogen-bond donors (Lipinski definition) is 2. The van der Waals surface area contributed by atoms with Crippen LogP contribution in [0, 0.1) is 5.82 Å². The first kappa shape index (κ1) is 17.4. The van der Waals surface area contributed by atoms with Crippen molar-refractivity contribution in [2.24, 2.45) is 0 Å². The maximum Gasteiger partial charge on any atom is 0.255 e. The van der Waals surface area contributed by atoms with Gasteiger partial charge in [0.15, 0.2) is 0 Å². The number of benzene rings is 2. The number of carbonyl (C=O) groups is 1. The summed E-state index contributed by atoms with van der Waals surface area (Å²) >= 11 is 0. The van der Waals surface area contributed by atoms with Crippen LogP contribution in [-0.4, -0.2) is 18.0 Å². The number of anilines is 2. The van der Waals surface area contributed by atoms with Crippen molar-refractivity contribution in [1.29, 1.82) is 0 Å². The topological polar surface area (TPSA) is 63.2 Å². The van der Waals surface area contributed by atoms with Crippen LogP contribution in [0.3, 0.4) is 0 Å². The Balaban J connectivity index is 1.66. The first-order chi connectivity index (χ1) is 12.7. The van der Waals surface area contributed by atoms with Crippen LogP contribution in [-0.2, 0) is 6.54 Å². The molecule has 0 saturated carbocycles. The zero-order chi connectivity index (χ0) is 18.4. The van der Waals surface area contributed by atoms with E-state index in [1.807, 2.05) is 0 Å². The highest BCUT2D eigenvalue weighted by Gasteiger charge is 2.08. The lowest BCUT2D eigenvalue weighted by atomic mass is 10.2. The molecular weight excluding hydrogens is 333 g/mol. The molecule has 0 aliphatic rings. The minimum absolute atomic E-state index is 0.258. The Morgan fingerprint density at radius 1 is 1.12 bits per heavy atom. The Morgan fingerprint density at radius 2 is 1.88 bits per heavy atom. The van der Waals surface area contributed by atoms with Gasteiger partial charge in [0.25, 0.3) is 5.91 Å². The average molecular weight is 351 g/mol. The van der Waals surface area contributed by atoms with Gasteiger partial charge < -0.3 is 15.4 Å². The summed E-state index contributed by atoms with van der Waals surface area (Å²) < 4.78 is 18.8. The number of rotatable bonds is 6. The van der Waals surface area contributed by atoms with Gasteiger partial charge in [-0.2, -0.15) is 0 Å². The number of halogens is 1. The highest BCUT2D eigenvalue weighted by atomic mass is 19.1. The van der Waals surface area contributed by atoms with Gasteiger partial charge in [-0.3, -0.25) is 4.79 Å². The number of nitrogens with one attached hydrogen (secondary N) is 2. The molecule has 3 aromatic rings. The number of amides is 1. The molecule has 0 saturated heterocycles. The summed E-state index contributed by atoms with van der Waals surface area (Å²) in [4.78, 5) is 16.6. The molecule has 0 unspecified atom stereocenters. The fourth-order valence-corrected chi connectivity index (χ4v) is 2.37. The van der Waals surface area contributed by atoms with Gasteiger partial charge in [0.05, 0.1) is 7.11 Å². The minimum Gasteiger partial charge on any atom is -0.497 e. The van der Waals surface area contributed by atoms with E-state index in [-0.39, 0.29) is 18.3 Å². The maximum atomic E-state index is 13.7. The molecule has 0 spiro atoms. The molecule has 1 heterocycles. The SMILES string of the molecule is COc1ccc(NC(=O)c2ccnc(NCc3ccccc3F)c2)cc1. The summed E-state index contributed by atoms with van der Waals surface area (Å²) in [6.07, 6.45) is 1.53. The number of carbonyl (C=O) groups excluding carboxylic acids is 1. The van der Waals surface area contributed by atoms with E-state index >= 15 is 0 Å². The fraction of sp³-hybridized carbons (Fsp3) is 0.100. The standard InChI is InChI=1S/C20H18FN3O2/c1-26-17-8-6-16(7-9-17)24-20(25)14-10-11-22-19(12-14)23-13-15-4-2-3-5-18(15)21/h2-12H,13H2,1H3,(H,22,23)(H,24,25). The highest BCUT2D eigenvalue weighted by molar-refractivity contribution is 6.04. The molecule has 2 aromatic carbocycles. The summed E-state index contributed by atoms with van der Waals surface area (Å²) in [5.74, 6) is 0.669. The molecule has 2 N–H and O–H groups in total. The van der Waals surface area contributed by atoms with Crippen LogP contribution in [0.2, 0.25) is 0 Å². The predicted octanol–water partition coefficient (Wildman–Crippen LogP) is 4.09. The first-order valence-corrected chi connectivity index (χ1v) is 8.04. The molecule has 3 rings (SSSR count). The van der Waals surface area contributed by atoms with Gasteiger partial charge in [-0.25, -0.2) is 9.37 Å². The molecule has 132 valence electrons. The third-order valence-corrected chi connectivity index (χ3v) is 3.79. The highest BCUT2D eigenvalue weighted by Crippen LogP contribution is 2.17. The van der Waals surface area contributed by atoms with E-state index in [9.17, 15) is 9.18 Å². The largest absolute Gasteiger partial charge is 0.497 e. The van der Waals surface area contributed by atoms with Gasteiger partial charge in [-0.1, -0.05) is 18.2 Å². The summed E-state index contributed by atoms with van der Waals surface area (Å²) in [6.45, 7) is 0.281. The lowest BCUT2D eigenvalue weighted by Crippen LogP contribution is -2.13. The third-order valence-electron chi connectivity index (χ3n) is 3.79. The van der Waals surface area contributed by atoms with Crippen LogP contribution in [0.4, 0.5) is 15.9 Å². The molecule has 0 radical (unpaired) electrons. The van der Waals surface area contributed by atoms with Gasteiger partial charge in [-0.15, -0.1) is 0 Å². The lowest BCUT2D eigenvalue weighted by molar-refractivity contribution is 0.102. The van der Waals surface area contributed by atoms with Crippen molar-refractivity contribution in [2.75, 3.05) is 17.7 Å². The lowest BCUT2D eigenvalue weighted by Gasteiger charge is -2.09. The second kappa shape index (κ2) is 8.11. The van der Waals surface area contributed by atoms with Crippen molar-refractivity contribution in [2.45, 2.75) is 6.54 Å². The molecular formula is C20H18FN3O2. The number of aromatic nitrogens is 1. The Labute approximate surface area is 150 Å². The Morgan fingerprint density at radius 3 is 2.62 bits per heavy atom. The summed E-state index contributed by atoms with van der Waals surface area (Å²) in [7, 11) is 1.58. The smallest absolute Gasteiger partial charge is 0.255 e. The number of ether oxygens (including phenoxy) is 1. The van der Waals surface area contributed by atoms with E-state index in [1.165, 1.54) is 12.3 Å². The van der Waals surface area contributed by atoms with Gasteiger partial charge in [0, 0.05) is 29.6 Å². The van der Waals surface area contributed by atoms with Gasteiger partial charge in [0.1, 0.15) is 17.4 Å². The molecule has 0 aliphatic heterocycles. The molecule has 1 aromatic heterocycles. The molecule has 0 fully saturated rings. The van der Waals surface area contributed by atoms with Gasteiger partial charge in [-0.05, 0) is 42.5 Å². The van der Waals surface area contributed by atoms with Crippen molar-refractivity contribution in [3.05, 3.63) is 83.8 Å². The number of pyridine rings is 1. The van der Waals surface area contributed by atoms with Crippen LogP contribution < -0.4 is 15.4 Å². The van der Waals surface area contributed by atoms with Crippen LogP contribution >= 0.6 is 0 Å². The fourth-order valence-electron chi connectivity index (χ4n) is 2.37. The van der Waals surface area contributed by atoms with Crippen LogP contribution in [0.1, 0.15) is 15.9 Å². The van der Waals surface area contributed by atoms with Crippen molar-refractivity contribution in [1.82, 2.24) is 4.98 Å². The molecule has 6 heteroatoms. The molecule has 0 atom stereocenters. The Hall–Kier alpha value is -3.41. The molecule has 5 nitrogen and oxygen atoms in total. The van der Waals surface area contributed by atoms with E-state index in [0.29, 0.717) is 28.4 Å². The van der Waals surface area contributed by atoms with Crippen LogP contribution in [0.15, 0.2) is 66.9 Å². The van der Waals surface area contributed by atoms with E-state index in [0.717, 1.165) is 0 Å². The third kappa shape index (κ3) is 4.36. The summed E-state index contributed by atoms with van der Waals surface area (Å²) in [5.41, 5.74) is 1.64. The van der Waals surface area contributed by atoms with Crippen molar-refractivity contribution in [3.63, 3.8) is 0 Å². The van der Waals surface area contributed by atoms with Crippen LogP contribution in [0.25, 0.3) is 0 Å². The predicted molar refractivity (Wildman–Crippen MR) is 98.9 cm³/mol. The van der Waals surface area contributed by atoms with Crippen molar-refractivity contribution in [3.8, 4) is 5.75 Å². The van der Waals surface area contributed by atoms with E-state index in [4.69, 9.17) is 4.74 Å². The summed E-state index contributed by atoms with van der Waals surface area (Å²) in [5, 5.41) is 5.84. The molecule has 0 bridgehead atoms. The van der Waals surface area contributed by atoms with Gasteiger partial charge in [0.2, 0.25) is 0 Å². The van der Waals surface area contributed by atoms with Gasteiger partial charge >= 0.3 is 0 Å². The van der Waals surface area contributed by atoms with Crippen molar-refractivity contribution < 1.29 is 13.9 Å². The second-order valence-corrected chi connectivity index (χ2v) is 5.56. The summed E-state index contributed by atoms with van der Waals surface area (Å²) in [6, 6.07) is 16.8. The molecule has 1 amide bonds. The molecule has 0 aliphatic carbocycles. The number of hydrogen-bond acceptors (Lipinski definition) is 4. The second-order valence-electron chi connectivity index (χ2n) is 5.56. The zero-order valence-corrected chi connectivity index (χ0v) is 14.2. The van der Waals surface area contributed by atoms with Crippen LogP contribution in [0.5, 0.6) is 5.75 Å². The first-order valence-electron chi connectivity index (χ1n) is 8.04. The molecule has 26 heavy (non-hydrogen) atoms. The maximum absolute atomic E-state index is 13.7. The van der Waals surface area contributed by atoms with E-state index in [2.05, 4.69) is 15.6 Å².